The van der Waals surface area contributed by atoms with Crippen LogP contribution >= 0.6 is 43.2 Å². The number of ether oxygens (including phenoxy) is 1. The Balaban J connectivity index is 1.11. The fourth-order valence-electron chi connectivity index (χ4n) is 4.74. The first-order valence-electron chi connectivity index (χ1n) is 12.1. The van der Waals surface area contributed by atoms with Gasteiger partial charge in [-0.15, -0.1) is 5.10 Å². The third-order valence-corrected chi connectivity index (χ3v) is 9.38. The van der Waals surface area contributed by atoms with Crippen molar-refractivity contribution < 1.29 is 31.3 Å². The highest BCUT2D eigenvalue weighted by atomic mass is 32.2. The second-order valence-corrected chi connectivity index (χ2v) is 11.6. The molecule has 0 spiro atoms. The van der Waals surface area contributed by atoms with Crippen LogP contribution in [0.25, 0.3) is 22.3 Å². The molecule has 4 aromatic rings. The van der Waals surface area contributed by atoms with Gasteiger partial charge in [0, 0.05) is 15.4 Å². The molecule has 42 heavy (non-hydrogen) atoms. The Morgan fingerprint density at radius 2 is 2.02 bits per heavy atom. The number of nitrogens with two attached hydrogens (primary N) is 2. The summed E-state index contributed by atoms with van der Waals surface area (Å²) in [7, 11) is 1.43. The number of halogens is 2. The van der Waals surface area contributed by atoms with Gasteiger partial charge in [-0.25, -0.2) is 23.7 Å². The Morgan fingerprint density at radius 3 is 2.81 bits per heavy atom. The summed E-state index contributed by atoms with van der Waals surface area (Å²) < 4.78 is 61.1. The second kappa shape index (κ2) is 12.3. The smallest absolute Gasteiger partial charge is 0.280 e. The number of imidazole rings is 1. The summed E-state index contributed by atoms with van der Waals surface area (Å²) in [4.78, 5) is 30.6. The maximum absolute atomic E-state index is 15.7. The monoisotopic (exact) mass is 665 g/mol. The fourth-order valence-corrected chi connectivity index (χ4v) is 7.37. The molecular formula is C19H23F2N11O6P2S2. The van der Waals surface area contributed by atoms with Crippen LogP contribution in [0.15, 0.2) is 17.4 Å². The van der Waals surface area contributed by atoms with Gasteiger partial charge in [-0.1, -0.05) is 17.0 Å². The average molecular weight is 666 g/mol. The highest BCUT2D eigenvalue weighted by molar-refractivity contribution is 8.00. The van der Waals surface area contributed by atoms with E-state index >= 15 is 8.78 Å². The van der Waals surface area contributed by atoms with Gasteiger partial charge in [-0.2, -0.15) is 9.67 Å². The molecule has 2 saturated heterocycles. The van der Waals surface area contributed by atoms with E-state index in [1.54, 1.807) is 0 Å². The largest absolute Gasteiger partial charge is 0.382 e. The Bertz CT molecular complexity index is 1640. The number of hydrogen-bond acceptors (Lipinski definition) is 16. The lowest BCUT2D eigenvalue weighted by atomic mass is 10.0. The molecule has 2 aliphatic rings. The zero-order chi connectivity index (χ0) is 29.5. The number of thioether (sulfide) groups is 1. The maximum atomic E-state index is 15.7. The van der Waals surface area contributed by atoms with Gasteiger partial charge in [-0.3, -0.25) is 14.3 Å². The van der Waals surface area contributed by atoms with Gasteiger partial charge in [0.05, 0.1) is 25.6 Å². The number of thiol groups is 1. The van der Waals surface area contributed by atoms with Crippen molar-refractivity contribution in [3.8, 4) is 0 Å². The molecule has 6 rings (SSSR count). The van der Waals surface area contributed by atoms with E-state index in [4.69, 9.17) is 34.0 Å². The summed E-state index contributed by atoms with van der Waals surface area (Å²) in [6.45, 7) is -0.0990. The van der Waals surface area contributed by atoms with Crippen LogP contribution in [0.5, 0.6) is 0 Å². The van der Waals surface area contributed by atoms with Gasteiger partial charge in [0.2, 0.25) is 5.95 Å². The first-order chi connectivity index (χ1) is 20.3. The van der Waals surface area contributed by atoms with Crippen molar-refractivity contribution in [3.05, 3.63) is 23.0 Å². The highest BCUT2D eigenvalue weighted by Gasteiger charge is 2.49. The first kappa shape index (κ1) is 29.7. The van der Waals surface area contributed by atoms with E-state index in [9.17, 15) is 4.79 Å². The number of hydrogen-bond donors (Lipinski definition) is 4. The van der Waals surface area contributed by atoms with E-state index < -0.39 is 62.1 Å². The number of nitrogen functional groups attached to an aromatic ring is 2. The minimum atomic E-state index is -1.65. The van der Waals surface area contributed by atoms with Gasteiger partial charge in [0.15, 0.2) is 55.8 Å². The van der Waals surface area contributed by atoms with Gasteiger partial charge in [0.25, 0.3) is 5.56 Å². The summed E-state index contributed by atoms with van der Waals surface area (Å²) in [6.07, 6.45) is -3.68. The lowest BCUT2D eigenvalue weighted by Crippen LogP contribution is -2.30. The van der Waals surface area contributed by atoms with E-state index in [0.29, 0.717) is 0 Å². The number of aromatic amines is 1. The van der Waals surface area contributed by atoms with Crippen molar-refractivity contribution in [2.24, 2.45) is 5.92 Å². The fraction of sp³-hybridized carbons (Fsp3) is 0.526. The van der Waals surface area contributed by atoms with Crippen molar-refractivity contribution in [3.63, 3.8) is 0 Å². The molecule has 0 amide bonds. The molecule has 3 unspecified atom stereocenters. The van der Waals surface area contributed by atoms with Crippen LogP contribution in [0.3, 0.4) is 0 Å². The topological polar surface area (TPSA) is 218 Å². The predicted molar refractivity (Wildman–Crippen MR) is 153 cm³/mol. The number of H-pyrrole nitrogens is 1. The van der Waals surface area contributed by atoms with Crippen molar-refractivity contribution in [2.75, 3.05) is 24.7 Å². The van der Waals surface area contributed by atoms with Crippen molar-refractivity contribution in [1.29, 1.82) is 0 Å². The van der Waals surface area contributed by atoms with Crippen molar-refractivity contribution in [2.45, 2.75) is 41.6 Å². The number of aromatic nitrogens is 9. The number of fused-ring (bicyclic) bond motifs is 2. The SMILES string of the molecule is Nc1nc2c(ncn2[C@@H]2SC(OPOC[C@H]3[C@H](F)[C@H](n4nnc5c(N)ncnc54)O[C@@H]3COP)[C@H](F)[C@H]2OS)c(=O)[nH]1. The van der Waals surface area contributed by atoms with E-state index in [0.717, 1.165) is 11.8 Å². The van der Waals surface area contributed by atoms with Crippen LogP contribution < -0.4 is 17.0 Å². The van der Waals surface area contributed by atoms with Crippen molar-refractivity contribution in [1.82, 2.24) is 44.5 Å². The first-order valence-corrected chi connectivity index (χ1v) is 14.7. The maximum Gasteiger partial charge on any atom is 0.280 e. The molecular weight excluding hydrogens is 642 g/mol. The second-order valence-electron chi connectivity index (χ2n) is 9.17. The zero-order valence-electron chi connectivity index (χ0n) is 21.1. The molecule has 0 bridgehead atoms. The van der Waals surface area contributed by atoms with Crippen LogP contribution in [0.4, 0.5) is 20.5 Å². The van der Waals surface area contributed by atoms with Crippen LogP contribution in [0.2, 0.25) is 0 Å². The van der Waals surface area contributed by atoms with Gasteiger partial charge in [0.1, 0.15) is 23.2 Å². The van der Waals surface area contributed by atoms with Gasteiger partial charge >= 0.3 is 0 Å². The highest BCUT2D eigenvalue weighted by Crippen LogP contribution is 2.49. The Labute approximate surface area is 248 Å². The molecule has 10 atom stereocenters. The number of nitrogens with zero attached hydrogens (tertiary/aromatic N) is 8. The summed E-state index contributed by atoms with van der Waals surface area (Å²) in [5.41, 5.74) is 10.5. The molecule has 5 N–H and O–H groups in total. The molecule has 0 aromatic carbocycles. The molecule has 17 nitrogen and oxygen atoms in total. The third kappa shape index (κ3) is 5.30. The summed E-state index contributed by atoms with van der Waals surface area (Å²) in [6, 6.07) is 0. The zero-order valence-corrected chi connectivity index (χ0v) is 24.9. The molecule has 6 heterocycles. The number of alkyl halides is 2. The number of nitrogens with one attached hydrogen (secondary N) is 1. The molecule has 0 saturated carbocycles. The van der Waals surface area contributed by atoms with E-state index in [-0.39, 0.29) is 47.3 Å². The van der Waals surface area contributed by atoms with Crippen LogP contribution in [-0.2, 0) is 22.5 Å². The van der Waals surface area contributed by atoms with Crippen molar-refractivity contribution >= 4 is 77.3 Å². The standard InChI is InChI=1S/C19H23F2N11O6P2S2/c20-7-5(6(2-34-39)36-16(7)32-13-9(29-30-32)12(22)24-3-25-13)1-35-40-37-18-8(21)11(38-41)17(42-18)31-4-26-10-14(31)27-19(23)28-15(10)33/h3-8,11,16-18,40-41H,1-2,39H2,(H2,22,24,25)(H3,23,27,28,33)/t5-,6-,7+,8-,11-,16-,17-,18?/m1/s1. The average Bonchev–Trinajstić information content (AvgIpc) is 3.72. The minimum Gasteiger partial charge on any atom is -0.382 e. The van der Waals surface area contributed by atoms with Crippen LogP contribution in [0, 0.1) is 5.92 Å². The predicted octanol–water partition coefficient (Wildman–Crippen LogP) is 0.859. The molecule has 226 valence electrons. The van der Waals surface area contributed by atoms with Crippen LogP contribution in [-0.4, -0.2) is 87.7 Å². The lowest BCUT2D eigenvalue weighted by Gasteiger charge is -2.19. The van der Waals surface area contributed by atoms with Crippen LogP contribution in [0.1, 0.15) is 11.6 Å². The summed E-state index contributed by atoms with van der Waals surface area (Å²) >= 11 is 4.88. The quantitative estimate of drug-likeness (QED) is 0.0799. The van der Waals surface area contributed by atoms with E-state index in [1.165, 1.54) is 21.9 Å². The van der Waals surface area contributed by atoms with E-state index in [1.807, 2.05) is 0 Å². The summed E-state index contributed by atoms with van der Waals surface area (Å²) in [5.74, 6) is -0.818. The molecule has 0 aliphatic carbocycles. The lowest BCUT2D eigenvalue weighted by molar-refractivity contribution is -0.0400. The third-order valence-electron chi connectivity index (χ3n) is 6.74. The molecule has 2 fully saturated rings. The van der Waals surface area contributed by atoms with Gasteiger partial charge < -0.3 is 34.0 Å². The number of rotatable bonds is 10. The Kier molecular flexibility index (Phi) is 8.72. The normalized spacial score (nSPS) is 30.0. The summed E-state index contributed by atoms with van der Waals surface area (Å²) in [5, 5.41) is 7.14. The molecule has 23 heteroatoms. The molecule has 2 aliphatic heterocycles. The molecule has 0 radical (unpaired) electrons. The minimum absolute atomic E-state index is 0.0318. The van der Waals surface area contributed by atoms with Gasteiger partial charge in [-0.05, 0) is 12.9 Å². The van der Waals surface area contributed by atoms with E-state index in [2.05, 4.69) is 57.6 Å². The Morgan fingerprint density at radius 1 is 1.19 bits per heavy atom. The molecule has 4 aromatic heterocycles. The Hall–Kier alpha value is -2.35. The number of anilines is 2.